The average Bonchev–Trinajstić information content (AvgIpc) is 3.09. The number of aliphatic carboxylic acids is 1. The van der Waals surface area contributed by atoms with E-state index in [1.807, 2.05) is 24.3 Å². The number of nitrogens with zero attached hydrogens (tertiary/aromatic N) is 2. The van der Waals surface area contributed by atoms with Crippen LogP contribution >= 0.6 is 11.3 Å². The zero-order chi connectivity index (χ0) is 15.8. The van der Waals surface area contributed by atoms with E-state index < -0.39 is 5.97 Å². The fraction of sp³-hybridized carbons (Fsp3) is 0.235. The third kappa shape index (κ3) is 2.66. The summed E-state index contributed by atoms with van der Waals surface area (Å²) in [6, 6.07) is 7.43. The fourth-order valence-corrected chi connectivity index (χ4v) is 4.27. The highest BCUT2D eigenvalue weighted by molar-refractivity contribution is 7.19. The van der Waals surface area contributed by atoms with Crippen LogP contribution in [-0.2, 0) is 24.1 Å². The van der Waals surface area contributed by atoms with Crippen LogP contribution in [0.15, 0.2) is 30.6 Å². The van der Waals surface area contributed by atoms with Gasteiger partial charge in [-0.2, -0.15) is 0 Å². The summed E-state index contributed by atoms with van der Waals surface area (Å²) in [5.41, 5.74) is 3.07. The van der Waals surface area contributed by atoms with Crippen LogP contribution in [0, 0.1) is 0 Å². The zero-order valence-corrected chi connectivity index (χ0v) is 13.2. The Hall–Kier alpha value is -2.47. The summed E-state index contributed by atoms with van der Waals surface area (Å²) in [6.45, 7) is 0. The van der Waals surface area contributed by atoms with Gasteiger partial charge in [-0.05, 0) is 42.5 Å². The number of nitrogens with one attached hydrogen (secondary N) is 1. The summed E-state index contributed by atoms with van der Waals surface area (Å²) in [5, 5.41) is 13.3. The number of hydrogen-bond acceptors (Lipinski definition) is 5. The number of benzene rings is 1. The number of carboxylic acids is 1. The Morgan fingerprint density at radius 2 is 2.04 bits per heavy atom. The van der Waals surface area contributed by atoms with Gasteiger partial charge in [-0.3, -0.25) is 4.79 Å². The van der Waals surface area contributed by atoms with Crippen molar-refractivity contribution in [3.63, 3.8) is 0 Å². The van der Waals surface area contributed by atoms with Gasteiger partial charge >= 0.3 is 5.97 Å². The predicted octanol–water partition coefficient (Wildman–Crippen LogP) is 3.55. The number of anilines is 2. The first-order chi connectivity index (χ1) is 11.2. The second-order valence-electron chi connectivity index (χ2n) is 5.65. The van der Waals surface area contributed by atoms with Crippen molar-refractivity contribution in [2.24, 2.45) is 0 Å². The highest BCUT2D eigenvalue weighted by atomic mass is 32.1. The first-order valence-electron chi connectivity index (χ1n) is 7.54. The Morgan fingerprint density at radius 1 is 1.22 bits per heavy atom. The summed E-state index contributed by atoms with van der Waals surface area (Å²) in [4.78, 5) is 22.0. The van der Waals surface area contributed by atoms with Gasteiger partial charge in [-0.15, -0.1) is 11.3 Å². The van der Waals surface area contributed by atoms with Gasteiger partial charge < -0.3 is 10.4 Å². The molecule has 23 heavy (non-hydrogen) atoms. The minimum atomic E-state index is -0.822. The number of aryl methyl sites for hydroxylation is 2. The van der Waals surface area contributed by atoms with Crippen molar-refractivity contribution in [3.8, 4) is 0 Å². The van der Waals surface area contributed by atoms with Crippen LogP contribution < -0.4 is 5.32 Å². The van der Waals surface area contributed by atoms with Crippen LogP contribution in [0.25, 0.3) is 10.2 Å². The molecule has 0 saturated heterocycles. The number of thiophene rings is 1. The second kappa shape index (κ2) is 5.62. The van der Waals surface area contributed by atoms with Gasteiger partial charge in [0.1, 0.15) is 17.0 Å². The molecule has 116 valence electrons. The third-order valence-electron chi connectivity index (χ3n) is 4.07. The van der Waals surface area contributed by atoms with Gasteiger partial charge in [0.05, 0.1) is 11.8 Å². The van der Waals surface area contributed by atoms with E-state index in [0.29, 0.717) is 0 Å². The Kier molecular flexibility index (Phi) is 3.46. The predicted molar refractivity (Wildman–Crippen MR) is 90.5 cm³/mol. The smallest absolute Gasteiger partial charge is 0.307 e. The van der Waals surface area contributed by atoms with Gasteiger partial charge in [0.25, 0.3) is 0 Å². The molecule has 0 fully saturated rings. The highest BCUT2D eigenvalue weighted by Crippen LogP contribution is 2.39. The van der Waals surface area contributed by atoms with E-state index in [1.54, 1.807) is 17.7 Å². The number of hydrogen-bond donors (Lipinski definition) is 2. The fourth-order valence-electron chi connectivity index (χ4n) is 3.04. The lowest BCUT2D eigenvalue weighted by Gasteiger charge is -2.08. The summed E-state index contributed by atoms with van der Waals surface area (Å²) in [5.74, 6) is 0.0115. The summed E-state index contributed by atoms with van der Waals surface area (Å²) in [7, 11) is 0. The Bertz CT molecular complexity index is 887. The molecule has 3 aromatic rings. The van der Waals surface area contributed by atoms with Crippen LogP contribution in [0.3, 0.4) is 0 Å². The molecule has 6 heteroatoms. The highest BCUT2D eigenvalue weighted by Gasteiger charge is 2.21. The van der Waals surface area contributed by atoms with Crippen molar-refractivity contribution >= 4 is 39.0 Å². The number of aromatic nitrogens is 2. The lowest BCUT2D eigenvalue weighted by molar-refractivity contribution is -0.136. The topological polar surface area (TPSA) is 75.1 Å². The van der Waals surface area contributed by atoms with E-state index in [4.69, 9.17) is 5.11 Å². The largest absolute Gasteiger partial charge is 0.481 e. The molecule has 4 rings (SSSR count). The summed E-state index contributed by atoms with van der Waals surface area (Å²) < 4.78 is 0. The number of rotatable bonds is 4. The Morgan fingerprint density at radius 3 is 2.83 bits per heavy atom. The van der Waals surface area contributed by atoms with E-state index in [2.05, 4.69) is 15.3 Å². The molecule has 1 aliphatic rings. The third-order valence-corrected chi connectivity index (χ3v) is 5.27. The SMILES string of the molecule is O=C(O)Cc1ccc(Nc2ncnc3sc4c(c23)CCC4)cc1. The van der Waals surface area contributed by atoms with E-state index in [-0.39, 0.29) is 6.42 Å². The molecule has 0 atom stereocenters. The number of carbonyl (C=O) groups is 1. The molecule has 1 aromatic carbocycles. The molecular formula is C17H15N3O2S. The average molecular weight is 325 g/mol. The maximum Gasteiger partial charge on any atom is 0.307 e. The van der Waals surface area contributed by atoms with Gasteiger partial charge in [-0.1, -0.05) is 12.1 Å². The van der Waals surface area contributed by atoms with E-state index >= 15 is 0 Å². The van der Waals surface area contributed by atoms with Crippen LogP contribution in [-0.4, -0.2) is 21.0 Å². The molecule has 0 amide bonds. The van der Waals surface area contributed by atoms with Crippen LogP contribution in [0.1, 0.15) is 22.4 Å². The summed E-state index contributed by atoms with van der Waals surface area (Å²) in [6.07, 6.45) is 5.06. The molecule has 2 aromatic heterocycles. The van der Waals surface area contributed by atoms with Gasteiger partial charge in [0.2, 0.25) is 0 Å². The minimum Gasteiger partial charge on any atom is -0.481 e. The van der Waals surface area contributed by atoms with Gasteiger partial charge in [0, 0.05) is 10.6 Å². The van der Waals surface area contributed by atoms with Crippen molar-refractivity contribution in [2.75, 3.05) is 5.32 Å². The number of fused-ring (bicyclic) bond motifs is 3. The quantitative estimate of drug-likeness (QED) is 0.767. The maximum atomic E-state index is 10.7. The lowest BCUT2D eigenvalue weighted by Crippen LogP contribution is -2.00. The molecular weight excluding hydrogens is 310 g/mol. The standard InChI is InChI=1S/C17H15N3O2S/c21-14(22)8-10-4-6-11(7-5-10)20-16-15-12-2-1-3-13(12)23-17(15)19-9-18-16/h4-7,9H,1-3,8H2,(H,21,22)(H,18,19,20). The van der Waals surface area contributed by atoms with E-state index in [0.717, 1.165) is 40.1 Å². The molecule has 0 aliphatic heterocycles. The van der Waals surface area contributed by atoms with Crippen molar-refractivity contribution in [2.45, 2.75) is 25.7 Å². The molecule has 2 N–H and O–H groups in total. The number of carboxylic acid groups (broad SMARTS) is 1. The van der Waals surface area contributed by atoms with E-state index in [9.17, 15) is 4.79 Å². The molecule has 0 spiro atoms. The van der Waals surface area contributed by atoms with Crippen molar-refractivity contribution < 1.29 is 9.90 Å². The molecule has 0 radical (unpaired) electrons. The second-order valence-corrected chi connectivity index (χ2v) is 6.74. The van der Waals surface area contributed by atoms with Crippen LogP contribution in [0.4, 0.5) is 11.5 Å². The first kappa shape index (κ1) is 14.1. The van der Waals surface area contributed by atoms with Crippen molar-refractivity contribution in [1.82, 2.24) is 9.97 Å². The van der Waals surface area contributed by atoms with Crippen molar-refractivity contribution in [1.29, 1.82) is 0 Å². The monoisotopic (exact) mass is 325 g/mol. The van der Waals surface area contributed by atoms with Gasteiger partial charge in [0.15, 0.2) is 0 Å². The van der Waals surface area contributed by atoms with Crippen LogP contribution in [0.2, 0.25) is 0 Å². The van der Waals surface area contributed by atoms with Gasteiger partial charge in [-0.25, -0.2) is 9.97 Å². The Labute approximate surface area is 137 Å². The lowest BCUT2D eigenvalue weighted by atomic mass is 10.1. The molecule has 2 heterocycles. The first-order valence-corrected chi connectivity index (χ1v) is 8.35. The molecule has 1 aliphatic carbocycles. The maximum absolute atomic E-state index is 10.7. The Balaban J connectivity index is 1.66. The molecule has 0 saturated carbocycles. The van der Waals surface area contributed by atoms with Crippen LogP contribution in [0.5, 0.6) is 0 Å². The van der Waals surface area contributed by atoms with E-state index in [1.165, 1.54) is 16.9 Å². The van der Waals surface area contributed by atoms with Crippen molar-refractivity contribution in [3.05, 3.63) is 46.6 Å². The normalized spacial score (nSPS) is 13.2. The zero-order valence-electron chi connectivity index (χ0n) is 12.4. The minimum absolute atomic E-state index is 0.0378. The molecule has 5 nitrogen and oxygen atoms in total. The molecule has 0 unspecified atom stereocenters. The molecule has 0 bridgehead atoms. The summed E-state index contributed by atoms with van der Waals surface area (Å²) >= 11 is 1.76.